The third-order valence-corrected chi connectivity index (χ3v) is 5.60. The number of anilines is 1. The molecule has 1 aromatic heterocycles. The van der Waals surface area contributed by atoms with Crippen molar-refractivity contribution in [3.8, 4) is 17.0 Å². The molecule has 0 aliphatic rings. The Balaban J connectivity index is 1.74. The first-order valence-electron chi connectivity index (χ1n) is 9.77. The van der Waals surface area contributed by atoms with Gasteiger partial charge in [-0.25, -0.2) is 4.39 Å². The Kier molecular flexibility index (Phi) is 6.09. The van der Waals surface area contributed by atoms with E-state index in [9.17, 15) is 9.18 Å². The quantitative estimate of drug-likeness (QED) is 0.348. The molecule has 0 amide bonds. The predicted octanol–water partition coefficient (Wildman–Crippen LogP) is 6.30. The Labute approximate surface area is 184 Å². The van der Waals surface area contributed by atoms with Gasteiger partial charge in [0.25, 0.3) is 0 Å². The summed E-state index contributed by atoms with van der Waals surface area (Å²) in [6, 6.07) is 20.5. The molecule has 31 heavy (non-hydrogen) atoms. The fraction of sp³-hybridized carbons (Fsp3) is 0.120. The largest absolute Gasteiger partial charge is 0.497 e. The summed E-state index contributed by atoms with van der Waals surface area (Å²) >= 11 is 1.24. The van der Waals surface area contributed by atoms with Gasteiger partial charge in [0, 0.05) is 22.7 Å². The van der Waals surface area contributed by atoms with Gasteiger partial charge in [0.2, 0.25) is 0 Å². The second-order valence-electron chi connectivity index (χ2n) is 7.17. The average molecular weight is 433 g/mol. The van der Waals surface area contributed by atoms with Crippen molar-refractivity contribution < 1.29 is 13.9 Å². The zero-order chi connectivity index (χ0) is 21.8. The molecule has 4 rings (SSSR count). The highest BCUT2D eigenvalue weighted by molar-refractivity contribution is 7.04. The van der Waals surface area contributed by atoms with Crippen LogP contribution < -0.4 is 10.1 Å². The normalized spacial score (nSPS) is 11.7. The van der Waals surface area contributed by atoms with E-state index in [1.54, 1.807) is 24.6 Å². The molecule has 4 nitrogen and oxygen atoms in total. The van der Waals surface area contributed by atoms with Crippen LogP contribution in [-0.4, -0.2) is 17.3 Å². The predicted molar refractivity (Wildman–Crippen MR) is 122 cm³/mol. The standard InChI is InChI=1S/C25H21FN2O2S/c1-16-5-3-6-18(13-16)23-22(15-31-28-23)25(29)24(17-9-11-19(26)12-10-17)27-20-7-4-8-21(14-20)30-2/h3-15,24,27H,1-2H3. The number of hydrogen-bond acceptors (Lipinski definition) is 5. The van der Waals surface area contributed by atoms with Crippen molar-refractivity contribution in [2.75, 3.05) is 12.4 Å². The van der Waals surface area contributed by atoms with Crippen LogP contribution in [0.5, 0.6) is 5.75 Å². The summed E-state index contributed by atoms with van der Waals surface area (Å²) in [6.45, 7) is 2.00. The van der Waals surface area contributed by atoms with E-state index in [0.29, 0.717) is 22.6 Å². The van der Waals surface area contributed by atoms with Crippen LogP contribution in [0.15, 0.2) is 78.2 Å². The summed E-state index contributed by atoms with van der Waals surface area (Å²) < 4.78 is 23.3. The van der Waals surface area contributed by atoms with Gasteiger partial charge in [-0.05, 0) is 54.4 Å². The van der Waals surface area contributed by atoms with Crippen LogP contribution in [0.2, 0.25) is 0 Å². The molecule has 0 radical (unpaired) electrons. The molecular weight excluding hydrogens is 411 g/mol. The lowest BCUT2D eigenvalue weighted by Gasteiger charge is -2.20. The molecule has 1 atom stereocenters. The van der Waals surface area contributed by atoms with Crippen molar-refractivity contribution in [3.05, 3.63) is 101 Å². The first-order valence-corrected chi connectivity index (χ1v) is 10.6. The maximum atomic E-state index is 13.7. The number of hydrogen-bond donors (Lipinski definition) is 1. The highest BCUT2D eigenvalue weighted by atomic mass is 32.1. The molecule has 1 heterocycles. The van der Waals surface area contributed by atoms with E-state index in [1.807, 2.05) is 55.5 Å². The van der Waals surface area contributed by atoms with E-state index in [2.05, 4.69) is 9.69 Å². The molecule has 3 aromatic carbocycles. The number of ether oxygens (including phenoxy) is 1. The Morgan fingerprint density at radius 1 is 1.06 bits per heavy atom. The first kappa shape index (κ1) is 20.8. The summed E-state index contributed by atoms with van der Waals surface area (Å²) in [5.41, 5.74) is 4.55. The number of ketones is 1. The molecule has 156 valence electrons. The number of nitrogens with one attached hydrogen (secondary N) is 1. The van der Waals surface area contributed by atoms with E-state index in [0.717, 1.165) is 16.8 Å². The van der Waals surface area contributed by atoms with Gasteiger partial charge in [-0.3, -0.25) is 4.79 Å². The van der Waals surface area contributed by atoms with E-state index in [-0.39, 0.29) is 11.6 Å². The molecule has 0 aliphatic carbocycles. The molecule has 0 fully saturated rings. The van der Waals surface area contributed by atoms with Crippen LogP contribution in [-0.2, 0) is 0 Å². The molecule has 0 saturated heterocycles. The second-order valence-corrected chi connectivity index (χ2v) is 7.80. The van der Waals surface area contributed by atoms with Gasteiger partial charge in [-0.2, -0.15) is 4.37 Å². The molecule has 1 N–H and O–H groups in total. The first-order chi connectivity index (χ1) is 15.0. The van der Waals surface area contributed by atoms with Crippen molar-refractivity contribution >= 4 is 23.0 Å². The van der Waals surface area contributed by atoms with E-state index in [1.165, 1.54) is 23.7 Å². The minimum Gasteiger partial charge on any atom is -0.497 e. The molecule has 4 aromatic rings. The summed E-state index contributed by atoms with van der Waals surface area (Å²) in [5, 5.41) is 5.06. The number of aromatic nitrogens is 1. The van der Waals surface area contributed by atoms with Gasteiger partial charge in [-0.15, -0.1) is 0 Å². The number of Topliss-reactive ketones (excluding diaryl/α,β-unsaturated/α-hetero) is 1. The van der Waals surface area contributed by atoms with E-state index >= 15 is 0 Å². The number of nitrogens with zero attached hydrogens (tertiary/aromatic N) is 1. The Bertz CT molecular complexity index is 1200. The van der Waals surface area contributed by atoms with E-state index in [4.69, 9.17) is 4.74 Å². The molecule has 0 aliphatic heterocycles. The zero-order valence-electron chi connectivity index (χ0n) is 17.1. The fourth-order valence-corrected chi connectivity index (χ4v) is 4.10. The Morgan fingerprint density at radius 2 is 1.84 bits per heavy atom. The maximum Gasteiger partial charge on any atom is 0.192 e. The number of aryl methyl sites for hydroxylation is 1. The third-order valence-electron chi connectivity index (χ3n) is 4.97. The van der Waals surface area contributed by atoms with Crippen LogP contribution in [0.25, 0.3) is 11.3 Å². The summed E-state index contributed by atoms with van der Waals surface area (Å²) in [7, 11) is 1.59. The maximum absolute atomic E-state index is 13.7. The Morgan fingerprint density at radius 3 is 2.58 bits per heavy atom. The lowest BCUT2D eigenvalue weighted by Crippen LogP contribution is -2.21. The zero-order valence-corrected chi connectivity index (χ0v) is 17.9. The van der Waals surface area contributed by atoms with Crippen molar-refractivity contribution in [1.82, 2.24) is 4.37 Å². The van der Waals surface area contributed by atoms with Crippen LogP contribution in [0.4, 0.5) is 10.1 Å². The van der Waals surface area contributed by atoms with Gasteiger partial charge in [0.15, 0.2) is 5.78 Å². The van der Waals surface area contributed by atoms with Crippen LogP contribution >= 0.6 is 11.5 Å². The number of methoxy groups -OCH3 is 1. The summed E-state index contributed by atoms with van der Waals surface area (Å²) in [5.74, 6) is 0.182. The summed E-state index contributed by atoms with van der Waals surface area (Å²) in [6.07, 6.45) is 0. The highest BCUT2D eigenvalue weighted by Crippen LogP contribution is 2.31. The number of carbonyl (C=O) groups excluding carboxylic acids is 1. The minimum atomic E-state index is -0.715. The fourth-order valence-electron chi connectivity index (χ4n) is 3.40. The Hall–Kier alpha value is -3.51. The van der Waals surface area contributed by atoms with Crippen LogP contribution in [0, 0.1) is 12.7 Å². The lowest BCUT2D eigenvalue weighted by molar-refractivity contribution is 0.0970. The van der Waals surface area contributed by atoms with Gasteiger partial charge >= 0.3 is 0 Å². The molecule has 1 unspecified atom stereocenters. The summed E-state index contributed by atoms with van der Waals surface area (Å²) in [4.78, 5) is 13.7. The average Bonchev–Trinajstić information content (AvgIpc) is 3.28. The number of benzene rings is 3. The number of halogens is 1. The van der Waals surface area contributed by atoms with Gasteiger partial charge in [-0.1, -0.05) is 42.0 Å². The van der Waals surface area contributed by atoms with Crippen molar-refractivity contribution in [1.29, 1.82) is 0 Å². The van der Waals surface area contributed by atoms with Crippen molar-refractivity contribution in [3.63, 3.8) is 0 Å². The smallest absolute Gasteiger partial charge is 0.192 e. The topological polar surface area (TPSA) is 51.2 Å². The SMILES string of the molecule is COc1cccc(NC(C(=O)c2csnc2-c2cccc(C)c2)c2ccc(F)cc2)c1. The van der Waals surface area contributed by atoms with Crippen molar-refractivity contribution in [2.24, 2.45) is 0 Å². The van der Waals surface area contributed by atoms with Gasteiger partial charge in [0.1, 0.15) is 17.6 Å². The molecule has 0 spiro atoms. The monoisotopic (exact) mass is 432 g/mol. The second kappa shape index (κ2) is 9.10. The van der Waals surface area contributed by atoms with Crippen LogP contribution in [0.3, 0.4) is 0 Å². The number of rotatable bonds is 7. The van der Waals surface area contributed by atoms with Gasteiger partial charge in [0.05, 0.1) is 18.4 Å². The highest BCUT2D eigenvalue weighted by Gasteiger charge is 2.26. The number of carbonyl (C=O) groups is 1. The molecular formula is C25H21FN2O2S. The van der Waals surface area contributed by atoms with Crippen molar-refractivity contribution in [2.45, 2.75) is 13.0 Å². The van der Waals surface area contributed by atoms with Crippen LogP contribution in [0.1, 0.15) is 27.5 Å². The van der Waals surface area contributed by atoms with Gasteiger partial charge < -0.3 is 10.1 Å². The minimum absolute atomic E-state index is 0.139. The molecule has 0 bridgehead atoms. The lowest BCUT2D eigenvalue weighted by atomic mass is 9.95. The molecule has 6 heteroatoms. The molecule has 0 saturated carbocycles. The van der Waals surface area contributed by atoms with E-state index < -0.39 is 6.04 Å². The third kappa shape index (κ3) is 4.64.